The highest BCUT2D eigenvalue weighted by molar-refractivity contribution is 7.48. The van der Waals surface area contributed by atoms with E-state index in [2.05, 4.69) is 4.98 Å². The van der Waals surface area contributed by atoms with Crippen molar-refractivity contribution >= 4 is 13.7 Å². The second kappa shape index (κ2) is 9.16. The molecule has 0 aliphatic carbocycles. The van der Waals surface area contributed by atoms with Gasteiger partial charge >= 0.3 is 7.82 Å². The Morgan fingerprint density at radius 2 is 2.18 bits per heavy atom. The lowest BCUT2D eigenvalue weighted by Gasteiger charge is -2.33. The molecule has 11 nitrogen and oxygen atoms in total. The van der Waals surface area contributed by atoms with Crippen LogP contribution in [0.1, 0.15) is 31.9 Å². The number of amides is 1. The van der Waals surface area contributed by atoms with Gasteiger partial charge in [-0.25, -0.2) is 4.57 Å². The molecule has 3 saturated heterocycles. The maximum absolute atomic E-state index is 13.2. The number of ether oxygens (including phenoxy) is 3. The summed E-state index contributed by atoms with van der Waals surface area (Å²) in [5.41, 5.74) is 6.60. The molecule has 4 aliphatic heterocycles. The van der Waals surface area contributed by atoms with Gasteiger partial charge in [-0.05, 0) is 25.5 Å². The van der Waals surface area contributed by atoms with Gasteiger partial charge in [0.1, 0.15) is 18.3 Å². The zero-order valence-electron chi connectivity index (χ0n) is 18.9. The van der Waals surface area contributed by atoms with Crippen molar-refractivity contribution < 1.29 is 37.1 Å². The molecule has 5 rings (SSSR count). The third-order valence-electron chi connectivity index (χ3n) is 5.99. The first-order valence-corrected chi connectivity index (χ1v) is 12.6. The summed E-state index contributed by atoms with van der Waals surface area (Å²) in [4.78, 5) is 17.6. The monoisotopic (exact) mass is 493 g/mol. The number of pyridine rings is 1. The number of aromatic nitrogens is 1. The number of nitrogens with zero attached hydrogens (tertiary/aromatic N) is 2. The summed E-state index contributed by atoms with van der Waals surface area (Å²) in [6, 6.07) is 3.65. The lowest BCUT2D eigenvalue weighted by molar-refractivity contribution is -0.204. The van der Waals surface area contributed by atoms with Gasteiger partial charge in [0.2, 0.25) is 5.91 Å². The van der Waals surface area contributed by atoms with Crippen molar-refractivity contribution in [2.24, 2.45) is 5.73 Å². The molecule has 0 saturated carbocycles. The van der Waals surface area contributed by atoms with Gasteiger partial charge in [-0.1, -0.05) is 18.2 Å². The molecule has 0 aromatic carbocycles. The maximum Gasteiger partial charge on any atom is 0.475 e. The van der Waals surface area contributed by atoms with Crippen LogP contribution >= 0.6 is 7.82 Å². The molecule has 0 spiro atoms. The smallest absolute Gasteiger partial charge is 0.366 e. The Morgan fingerprint density at radius 1 is 1.35 bits per heavy atom. The quantitative estimate of drug-likeness (QED) is 0.588. The number of hydrogen-bond acceptors (Lipinski definition) is 10. The fourth-order valence-electron chi connectivity index (χ4n) is 4.50. The molecule has 184 valence electrons. The van der Waals surface area contributed by atoms with E-state index in [4.69, 9.17) is 33.5 Å². The number of hydrogen-bond donors (Lipinski definition) is 1. The Kier molecular flexibility index (Phi) is 6.36. The van der Waals surface area contributed by atoms with Gasteiger partial charge in [0.05, 0.1) is 24.9 Å². The van der Waals surface area contributed by atoms with Crippen LogP contribution in [0.3, 0.4) is 0 Å². The van der Waals surface area contributed by atoms with Crippen LogP contribution in [0, 0.1) is 0 Å². The fraction of sp³-hybridized carbons (Fsp3) is 0.545. The van der Waals surface area contributed by atoms with Crippen LogP contribution in [0.5, 0.6) is 0 Å². The highest BCUT2D eigenvalue weighted by atomic mass is 31.2. The predicted molar refractivity (Wildman–Crippen MR) is 118 cm³/mol. The minimum absolute atomic E-state index is 0.0930. The Labute approximate surface area is 197 Å². The summed E-state index contributed by atoms with van der Waals surface area (Å²) in [5.74, 6) is -1.38. The highest BCUT2D eigenvalue weighted by Crippen LogP contribution is 2.57. The minimum Gasteiger partial charge on any atom is -0.366 e. The molecule has 34 heavy (non-hydrogen) atoms. The first-order chi connectivity index (χ1) is 16.2. The third-order valence-corrected chi connectivity index (χ3v) is 7.47. The molecular formula is C22H28N3O8P. The molecular weight excluding hydrogens is 465 g/mol. The van der Waals surface area contributed by atoms with Gasteiger partial charge in [0.15, 0.2) is 12.0 Å². The number of carbonyl (C=O) groups is 1. The van der Waals surface area contributed by atoms with Crippen LogP contribution in [0.15, 0.2) is 48.5 Å². The summed E-state index contributed by atoms with van der Waals surface area (Å²) in [5, 5.41) is 0. The van der Waals surface area contributed by atoms with Crippen molar-refractivity contribution in [1.29, 1.82) is 0 Å². The maximum atomic E-state index is 13.2. The summed E-state index contributed by atoms with van der Waals surface area (Å²) < 4.78 is 48.4. The van der Waals surface area contributed by atoms with E-state index >= 15 is 0 Å². The number of primary amides is 1. The predicted octanol–water partition coefficient (Wildman–Crippen LogP) is 2.17. The lowest BCUT2D eigenvalue weighted by atomic mass is 10.1. The average Bonchev–Trinajstić information content (AvgIpc) is 3.31. The molecule has 3 unspecified atom stereocenters. The van der Waals surface area contributed by atoms with Crippen molar-refractivity contribution in [3.63, 3.8) is 0 Å². The first kappa shape index (κ1) is 23.6. The zero-order chi connectivity index (χ0) is 23.9. The summed E-state index contributed by atoms with van der Waals surface area (Å²) >= 11 is 0. The van der Waals surface area contributed by atoms with Crippen LogP contribution in [0.25, 0.3) is 0 Å². The Balaban J connectivity index is 1.28. The van der Waals surface area contributed by atoms with Crippen molar-refractivity contribution in [3.05, 3.63) is 54.0 Å². The standard InChI is InChI=1S/C22H28N3O8P/c1-22(2)31-18-17(30-21(19(18)32-22)25-9-4-6-15(12-25)20(23)26)13-29-34(27)28-10-7-16(33-34)14-5-3-8-24-11-14/h3-6,8,11-12,16-19,21H,7,9-10,13H2,1-2H3,(H2,23,26)/t16?,17?,18-,19-,21-,34?/m1/s1. The van der Waals surface area contributed by atoms with Crippen LogP contribution in [-0.4, -0.2) is 65.9 Å². The highest BCUT2D eigenvalue weighted by Gasteiger charge is 2.57. The number of carbonyl (C=O) groups excluding carboxylic acids is 1. The van der Waals surface area contributed by atoms with Crippen LogP contribution in [-0.2, 0) is 37.1 Å². The zero-order valence-corrected chi connectivity index (χ0v) is 19.8. The van der Waals surface area contributed by atoms with E-state index in [0.717, 1.165) is 5.56 Å². The van der Waals surface area contributed by atoms with E-state index in [9.17, 15) is 9.36 Å². The largest absolute Gasteiger partial charge is 0.475 e. The topological polar surface area (TPSA) is 132 Å². The molecule has 1 aromatic rings. The number of phosphoric acid groups is 1. The summed E-state index contributed by atoms with van der Waals surface area (Å²) in [6.45, 7) is 4.26. The van der Waals surface area contributed by atoms with E-state index in [1.807, 2.05) is 30.9 Å². The van der Waals surface area contributed by atoms with Gasteiger partial charge in [-0.2, -0.15) is 0 Å². The van der Waals surface area contributed by atoms with Gasteiger partial charge in [0, 0.05) is 31.6 Å². The molecule has 3 fully saturated rings. The Bertz CT molecular complexity index is 1030. The van der Waals surface area contributed by atoms with E-state index in [-0.39, 0.29) is 13.2 Å². The number of nitrogens with two attached hydrogens (primary N) is 1. The summed E-state index contributed by atoms with van der Waals surface area (Å²) in [7, 11) is -3.83. The molecule has 12 heteroatoms. The molecule has 0 bridgehead atoms. The second-order valence-electron chi connectivity index (χ2n) is 8.92. The molecule has 5 heterocycles. The van der Waals surface area contributed by atoms with Crippen molar-refractivity contribution in [2.45, 2.75) is 56.7 Å². The summed E-state index contributed by atoms with van der Waals surface area (Å²) in [6.07, 6.45) is 6.45. The van der Waals surface area contributed by atoms with Gasteiger partial charge < -0.3 is 24.8 Å². The van der Waals surface area contributed by atoms with Gasteiger partial charge in [0.25, 0.3) is 0 Å². The van der Waals surface area contributed by atoms with E-state index in [1.165, 1.54) is 0 Å². The average molecular weight is 493 g/mol. The van der Waals surface area contributed by atoms with Crippen molar-refractivity contribution in [3.8, 4) is 0 Å². The van der Waals surface area contributed by atoms with Crippen LogP contribution < -0.4 is 5.73 Å². The van der Waals surface area contributed by atoms with Gasteiger partial charge in [-0.15, -0.1) is 0 Å². The number of phosphoric ester groups is 1. The molecule has 4 aliphatic rings. The SMILES string of the molecule is CC1(C)O[C@@H]2[C@H](O1)C(COP1(=O)OCCC(c3cccnc3)O1)O[C@H]2N1C=C(C(N)=O)C=CC1. The molecule has 0 radical (unpaired) electrons. The normalized spacial score (nSPS) is 36.8. The van der Waals surface area contributed by atoms with Crippen LogP contribution in [0.2, 0.25) is 0 Å². The molecule has 2 N–H and O–H groups in total. The lowest BCUT2D eigenvalue weighted by Crippen LogP contribution is -2.42. The van der Waals surface area contributed by atoms with Gasteiger partial charge in [-0.3, -0.25) is 23.3 Å². The number of fused-ring (bicyclic) bond motifs is 1. The van der Waals surface area contributed by atoms with E-state index in [1.54, 1.807) is 30.7 Å². The fourth-order valence-corrected chi connectivity index (χ4v) is 5.89. The molecule has 6 atom stereocenters. The third kappa shape index (κ3) is 4.83. The van der Waals surface area contributed by atoms with Crippen molar-refractivity contribution in [1.82, 2.24) is 9.88 Å². The number of rotatable bonds is 6. The van der Waals surface area contributed by atoms with E-state index < -0.39 is 50.2 Å². The van der Waals surface area contributed by atoms with E-state index in [0.29, 0.717) is 18.5 Å². The van der Waals surface area contributed by atoms with Crippen molar-refractivity contribution in [2.75, 3.05) is 19.8 Å². The molecule has 1 aromatic heterocycles. The Hall–Kier alpha value is -2.11. The second-order valence-corrected chi connectivity index (χ2v) is 10.5. The van der Waals surface area contributed by atoms with Crippen LogP contribution in [0.4, 0.5) is 0 Å². The first-order valence-electron chi connectivity index (χ1n) is 11.2. The minimum atomic E-state index is -3.83. The molecule has 1 amide bonds. The Morgan fingerprint density at radius 3 is 2.94 bits per heavy atom.